The van der Waals surface area contributed by atoms with Crippen LogP contribution >= 0.6 is 18.7 Å². The number of benzene rings is 1. The lowest BCUT2D eigenvalue weighted by atomic mass is 10.1. The van der Waals surface area contributed by atoms with Gasteiger partial charge in [0, 0.05) is 34.0 Å². The van der Waals surface area contributed by atoms with Crippen LogP contribution in [-0.2, 0) is 11.5 Å². The maximum Gasteiger partial charge on any atom is 0.271 e. The Morgan fingerprint density at radius 3 is 2.58 bits per heavy atom. The summed E-state index contributed by atoms with van der Waals surface area (Å²) >= 11 is 5.97. The predicted octanol–water partition coefficient (Wildman–Crippen LogP) is 3.69. The molecule has 0 saturated heterocycles. The van der Waals surface area contributed by atoms with E-state index >= 15 is 0 Å². The van der Waals surface area contributed by atoms with Crippen molar-refractivity contribution < 1.29 is 18.2 Å². The van der Waals surface area contributed by atoms with Crippen LogP contribution in [0, 0.1) is 0 Å². The Labute approximate surface area is 200 Å². The molecule has 2 aromatic heterocycles. The van der Waals surface area contributed by atoms with E-state index in [9.17, 15) is 9.36 Å². The smallest absolute Gasteiger partial charge is 0.271 e. The number of anilines is 2. The summed E-state index contributed by atoms with van der Waals surface area (Å²) in [6.45, 7) is -2.59. The lowest BCUT2D eigenvalue weighted by Crippen LogP contribution is -2.20. The summed E-state index contributed by atoms with van der Waals surface area (Å²) in [6, 6.07) is 8.18. The van der Waals surface area contributed by atoms with Crippen LogP contribution < -0.4 is 21.2 Å². The van der Waals surface area contributed by atoms with Gasteiger partial charge in [0.05, 0.1) is 29.6 Å². The number of hydrogen-bond acceptors (Lipinski definition) is 7. The van der Waals surface area contributed by atoms with Crippen LogP contribution in [0.4, 0.5) is 11.4 Å². The first kappa shape index (κ1) is 18.5. The molecule has 0 atom stereocenters. The van der Waals surface area contributed by atoms with E-state index < -0.39 is 20.0 Å². The SMILES string of the molecule is [2H]C([2H])([2H])n1nc(-c2cccc(Nc3cc(Cl)nnc3C(N)=O)c2OC)cc1P(=O)(C1CC1)C1CC1. The molecule has 1 aromatic carbocycles. The van der Waals surface area contributed by atoms with E-state index in [-0.39, 0.29) is 27.9 Å². The van der Waals surface area contributed by atoms with Gasteiger partial charge in [0.15, 0.2) is 16.6 Å². The lowest BCUT2D eigenvalue weighted by Gasteiger charge is -2.17. The first-order chi connectivity index (χ1) is 17.0. The molecule has 0 bridgehead atoms. The fraction of sp³-hybridized carbons (Fsp3) is 0.364. The fourth-order valence-corrected chi connectivity index (χ4v) is 8.18. The number of nitrogens with zero attached hydrogens (tertiary/aromatic N) is 4. The number of hydrogen-bond donors (Lipinski definition) is 2. The van der Waals surface area contributed by atoms with E-state index in [1.165, 1.54) is 13.2 Å². The number of amides is 1. The van der Waals surface area contributed by atoms with Crippen molar-refractivity contribution in [3.8, 4) is 17.0 Å². The number of carbonyl (C=O) groups excluding carboxylic acids is 1. The van der Waals surface area contributed by atoms with Crippen LogP contribution in [0.2, 0.25) is 5.15 Å². The zero-order chi connectivity index (χ0) is 25.8. The van der Waals surface area contributed by atoms with Crippen molar-refractivity contribution in [1.29, 1.82) is 0 Å². The van der Waals surface area contributed by atoms with Gasteiger partial charge in [-0.05, 0) is 43.9 Å². The van der Waals surface area contributed by atoms with Gasteiger partial charge < -0.3 is 20.4 Å². The highest BCUT2D eigenvalue weighted by molar-refractivity contribution is 7.73. The van der Waals surface area contributed by atoms with Crippen molar-refractivity contribution in [2.75, 3.05) is 12.4 Å². The minimum Gasteiger partial charge on any atom is -0.494 e. The highest BCUT2D eigenvalue weighted by Crippen LogP contribution is 2.69. The van der Waals surface area contributed by atoms with Crippen LogP contribution in [0.1, 0.15) is 40.3 Å². The molecule has 172 valence electrons. The number of carbonyl (C=O) groups is 1. The minimum absolute atomic E-state index is 0.0155. The van der Waals surface area contributed by atoms with Gasteiger partial charge in [-0.15, -0.1) is 10.2 Å². The number of aryl methyl sites for hydroxylation is 1. The summed E-state index contributed by atoms with van der Waals surface area (Å²) in [6.07, 6.45) is 3.34. The molecule has 11 heteroatoms. The van der Waals surface area contributed by atoms with E-state index in [4.69, 9.17) is 26.2 Å². The van der Waals surface area contributed by atoms with Crippen LogP contribution in [-0.4, -0.2) is 44.3 Å². The normalized spacial score (nSPS) is 17.7. The first-order valence-electron chi connectivity index (χ1n) is 12.0. The van der Waals surface area contributed by atoms with E-state index in [1.807, 2.05) is 0 Å². The Bertz CT molecular complexity index is 1390. The summed E-state index contributed by atoms with van der Waals surface area (Å²) in [5.74, 6) is -0.468. The molecule has 0 unspecified atom stereocenters. The Morgan fingerprint density at radius 1 is 1.24 bits per heavy atom. The van der Waals surface area contributed by atoms with E-state index in [0.717, 1.165) is 30.4 Å². The topological polar surface area (TPSA) is 125 Å². The second-order valence-corrected chi connectivity index (χ2v) is 12.0. The zero-order valence-electron chi connectivity index (χ0n) is 20.8. The molecule has 5 rings (SSSR count). The molecule has 9 nitrogen and oxygen atoms in total. The summed E-state index contributed by atoms with van der Waals surface area (Å²) in [7, 11) is -1.48. The Morgan fingerprint density at radius 2 is 1.97 bits per heavy atom. The van der Waals surface area contributed by atoms with E-state index in [0.29, 0.717) is 28.1 Å². The van der Waals surface area contributed by atoms with Gasteiger partial charge >= 0.3 is 0 Å². The number of nitrogens with one attached hydrogen (secondary N) is 1. The molecule has 0 radical (unpaired) electrons. The number of nitrogens with two attached hydrogens (primary N) is 1. The van der Waals surface area contributed by atoms with Crippen LogP contribution in [0.3, 0.4) is 0 Å². The standard InChI is InChI=1S/C22H24ClN6O3P/c1-29-19(33(31,12-6-7-12)13-8-9-13)11-16(28-29)14-4-3-5-15(21(14)32-2)25-17-10-18(23)26-27-20(17)22(24)30/h3-5,10-13H,6-9H2,1-2H3,(H2,24,30)(H,25,26)/i1D3. The van der Waals surface area contributed by atoms with Gasteiger partial charge in [-0.25, -0.2) is 0 Å². The Balaban J connectivity index is 1.62. The second-order valence-electron chi connectivity index (χ2n) is 8.28. The number of aromatic nitrogens is 4. The number of rotatable bonds is 8. The molecule has 0 spiro atoms. The summed E-state index contributed by atoms with van der Waals surface area (Å²) in [4.78, 5) is 11.8. The molecule has 2 fully saturated rings. The van der Waals surface area contributed by atoms with Crippen LogP contribution in [0.15, 0.2) is 30.3 Å². The number of primary amides is 1. The van der Waals surface area contributed by atoms with Crippen LogP contribution in [0.5, 0.6) is 5.75 Å². The highest BCUT2D eigenvalue weighted by Gasteiger charge is 2.53. The first-order valence-corrected chi connectivity index (χ1v) is 12.7. The highest BCUT2D eigenvalue weighted by atomic mass is 35.5. The van der Waals surface area contributed by atoms with Crippen LogP contribution in [0.25, 0.3) is 11.3 Å². The minimum atomic E-state index is -2.94. The third-order valence-electron chi connectivity index (χ3n) is 5.99. The molecule has 2 saturated carbocycles. The molecule has 33 heavy (non-hydrogen) atoms. The predicted molar refractivity (Wildman–Crippen MR) is 127 cm³/mol. The number of para-hydroxylation sites is 1. The van der Waals surface area contributed by atoms with Crippen molar-refractivity contribution in [3.63, 3.8) is 0 Å². The molecule has 3 aromatic rings. The third-order valence-corrected chi connectivity index (χ3v) is 10.4. The summed E-state index contributed by atoms with van der Waals surface area (Å²) in [5, 5.41) is 14.9. The van der Waals surface area contributed by atoms with Crippen molar-refractivity contribution in [1.82, 2.24) is 20.0 Å². The fourth-order valence-electron chi connectivity index (χ4n) is 4.19. The molecule has 2 aliphatic carbocycles. The van der Waals surface area contributed by atoms with Gasteiger partial charge in [0.2, 0.25) is 0 Å². The average Bonchev–Trinajstić information content (AvgIpc) is 3.74. The number of halogens is 1. The average molecular weight is 490 g/mol. The second kappa shape index (κ2) is 8.15. The van der Waals surface area contributed by atoms with E-state index in [2.05, 4.69) is 20.6 Å². The molecule has 2 aliphatic rings. The molecule has 2 heterocycles. The van der Waals surface area contributed by atoms with Crippen molar-refractivity contribution in [2.24, 2.45) is 12.7 Å². The van der Waals surface area contributed by atoms with Gasteiger partial charge in [-0.2, -0.15) is 5.10 Å². The maximum atomic E-state index is 14.2. The molecule has 1 amide bonds. The zero-order valence-corrected chi connectivity index (χ0v) is 19.4. The van der Waals surface area contributed by atoms with Gasteiger partial charge in [-0.3, -0.25) is 9.48 Å². The quantitative estimate of drug-likeness (QED) is 0.462. The van der Waals surface area contributed by atoms with Gasteiger partial charge in [0.25, 0.3) is 5.91 Å². The Kier molecular flexibility index (Phi) is 4.57. The molecule has 0 aliphatic heterocycles. The summed E-state index contributed by atoms with van der Waals surface area (Å²) < 4.78 is 45.0. The number of methoxy groups -OCH3 is 1. The van der Waals surface area contributed by atoms with Crippen molar-refractivity contribution in [2.45, 2.75) is 37.0 Å². The molecule has 3 N–H and O–H groups in total. The van der Waals surface area contributed by atoms with Crippen molar-refractivity contribution >= 4 is 41.5 Å². The summed E-state index contributed by atoms with van der Waals surface area (Å²) in [5.41, 5.74) is 7.09. The van der Waals surface area contributed by atoms with Gasteiger partial charge in [0.1, 0.15) is 7.14 Å². The molecular weight excluding hydrogens is 463 g/mol. The Hall–Kier alpha value is -2.90. The van der Waals surface area contributed by atoms with Crippen molar-refractivity contribution in [3.05, 3.63) is 41.2 Å². The lowest BCUT2D eigenvalue weighted by molar-refractivity contribution is 0.0995. The largest absolute Gasteiger partial charge is 0.494 e. The monoisotopic (exact) mass is 489 g/mol. The molecular formula is C22H24ClN6O3P. The maximum absolute atomic E-state index is 14.2. The van der Waals surface area contributed by atoms with E-state index in [1.54, 1.807) is 24.3 Å². The third kappa shape index (κ3) is 3.89. The van der Waals surface area contributed by atoms with Gasteiger partial charge in [-0.1, -0.05) is 17.7 Å². The number of ether oxygens (including phenoxy) is 1.